The smallest absolute Gasteiger partial charge is 0.229 e. The highest BCUT2D eigenvalue weighted by molar-refractivity contribution is 7.92. The molecule has 2 aromatic rings. The zero-order valence-electron chi connectivity index (χ0n) is 16.9. The average Bonchev–Trinajstić information content (AvgIpc) is 2.70. The van der Waals surface area contributed by atoms with Crippen LogP contribution < -0.4 is 24.2 Å². The maximum Gasteiger partial charge on any atom is 0.229 e. The van der Waals surface area contributed by atoms with Gasteiger partial charge in [0.1, 0.15) is 5.75 Å². The minimum Gasteiger partial charge on any atom is -0.495 e. The van der Waals surface area contributed by atoms with Crippen molar-refractivity contribution in [3.8, 4) is 23.3 Å². The summed E-state index contributed by atoms with van der Waals surface area (Å²) >= 11 is 0. The van der Waals surface area contributed by atoms with E-state index >= 15 is 0 Å². The summed E-state index contributed by atoms with van der Waals surface area (Å²) in [6.45, 7) is 0.277. The lowest BCUT2D eigenvalue weighted by Crippen LogP contribution is -2.14. The van der Waals surface area contributed by atoms with Crippen molar-refractivity contribution in [2.24, 2.45) is 0 Å². The highest BCUT2D eigenvalue weighted by Crippen LogP contribution is 2.29. The van der Waals surface area contributed by atoms with Crippen molar-refractivity contribution in [1.29, 1.82) is 5.26 Å². The molecule has 0 radical (unpaired) electrons. The zero-order chi connectivity index (χ0) is 22.1. The van der Waals surface area contributed by atoms with Crippen LogP contribution in [-0.2, 0) is 14.8 Å². The molecule has 10 heteroatoms. The fraction of sp³-hybridized carbons (Fsp3) is 0.300. The van der Waals surface area contributed by atoms with Crippen molar-refractivity contribution in [1.82, 2.24) is 0 Å². The molecular formula is C20H23N3O6S. The van der Waals surface area contributed by atoms with Crippen LogP contribution in [0.25, 0.3) is 0 Å². The van der Waals surface area contributed by atoms with Crippen molar-refractivity contribution in [2.75, 3.05) is 37.1 Å². The minimum atomic E-state index is -3.50. The number of carbonyl (C=O) groups is 1. The van der Waals surface area contributed by atoms with E-state index in [4.69, 9.17) is 19.5 Å². The minimum absolute atomic E-state index is 0.194. The Bertz CT molecular complexity index is 1050. The SMILES string of the molecule is COc1ccc(NC(=O)CCCOc2ccc(C#N)cc2OC)cc1NS(C)(=O)=O. The van der Waals surface area contributed by atoms with Crippen molar-refractivity contribution >= 4 is 27.3 Å². The van der Waals surface area contributed by atoms with Gasteiger partial charge in [-0.2, -0.15) is 5.26 Å². The number of methoxy groups -OCH3 is 2. The normalized spacial score (nSPS) is 10.6. The van der Waals surface area contributed by atoms with E-state index in [0.717, 1.165) is 6.26 Å². The number of ether oxygens (including phenoxy) is 3. The molecule has 0 aromatic heterocycles. The van der Waals surface area contributed by atoms with Gasteiger partial charge >= 0.3 is 0 Å². The van der Waals surface area contributed by atoms with E-state index in [-0.39, 0.29) is 24.6 Å². The molecule has 0 saturated heterocycles. The highest BCUT2D eigenvalue weighted by atomic mass is 32.2. The summed E-state index contributed by atoms with van der Waals surface area (Å²) in [7, 11) is -0.591. The summed E-state index contributed by atoms with van der Waals surface area (Å²) in [6.07, 6.45) is 1.67. The van der Waals surface area contributed by atoms with Crippen molar-refractivity contribution in [2.45, 2.75) is 12.8 Å². The molecule has 30 heavy (non-hydrogen) atoms. The standard InChI is InChI=1S/C20H23N3O6S/c1-27-17-9-7-15(12-16(17)23-30(3,25)26)22-20(24)5-4-10-29-18-8-6-14(13-21)11-19(18)28-2/h6-9,11-12,23H,4-5,10H2,1-3H3,(H,22,24). The molecule has 160 valence electrons. The van der Waals surface area contributed by atoms with Crippen molar-refractivity contribution in [3.63, 3.8) is 0 Å². The molecule has 1 amide bonds. The van der Waals surface area contributed by atoms with E-state index in [2.05, 4.69) is 10.0 Å². The topological polar surface area (TPSA) is 127 Å². The Balaban J connectivity index is 1.89. The molecule has 9 nitrogen and oxygen atoms in total. The number of carbonyl (C=O) groups excluding carboxylic acids is 1. The van der Waals surface area contributed by atoms with Crippen LogP contribution in [0.15, 0.2) is 36.4 Å². The quantitative estimate of drug-likeness (QED) is 0.552. The molecule has 0 aliphatic carbocycles. The van der Waals surface area contributed by atoms with Gasteiger partial charge in [0, 0.05) is 18.2 Å². The fourth-order valence-corrected chi connectivity index (χ4v) is 3.12. The van der Waals surface area contributed by atoms with E-state index in [0.29, 0.717) is 34.9 Å². The Hall–Kier alpha value is -3.45. The van der Waals surface area contributed by atoms with Crippen molar-refractivity contribution < 1.29 is 27.4 Å². The van der Waals surface area contributed by atoms with Crippen LogP contribution in [0.2, 0.25) is 0 Å². The van der Waals surface area contributed by atoms with E-state index in [1.807, 2.05) is 6.07 Å². The molecule has 2 aromatic carbocycles. The third-order valence-electron chi connectivity index (χ3n) is 3.88. The molecule has 2 rings (SSSR count). The second-order valence-corrected chi connectivity index (χ2v) is 8.02. The first-order valence-electron chi connectivity index (χ1n) is 8.92. The third-order valence-corrected chi connectivity index (χ3v) is 4.47. The number of amides is 1. The summed E-state index contributed by atoms with van der Waals surface area (Å²) in [5.74, 6) is 1.02. The van der Waals surface area contributed by atoms with Crippen LogP contribution in [-0.4, -0.2) is 41.4 Å². The van der Waals surface area contributed by atoms with Gasteiger partial charge in [-0.25, -0.2) is 8.42 Å². The number of anilines is 2. The van der Waals surface area contributed by atoms with Gasteiger partial charge in [-0.05, 0) is 36.8 Å². The number of sulfonamides is 1. The fourth-order valence-electron chi connectivity index (χ4n) is 2.56. The number of nitrogens with one attached hydrogen (secondary N) is 2. The van der Waals surface area contributed by atoms with Crippen LogP contribution >= 0.6 is 0 Å². The van der Waals surface area contributed by atoms with Gasteiger partial charge < -0.3 is 19.5 Å². The van der Waals surface area contributed by atoms with Crippen LogP contribution in [0, 0.1) is 11.3 Å². The summed E-state index contributed by atoms with van der Waals surface area (Å²) in [6, 6.07) is 11.5. The third kappa shape index (κ3) is 6.86. The van der Waals surface area contributed by atoms with Gasteiger partial charge in [-0.15, -0.1) is 0 Å². The van der Waals surface area contributed by atoms with Crippen LogP contribution in [0.4, 0.5) is 11.4 Å². The number of nitrogens with zero attached hydrogens (tertiary/aromatic N) is 1. The molecular weight excluding hydrogens is 410 g/mol. The molecule has 0 aliphatic rings. The molecule has 0 heterocycles. The highest BCUT2D eigenvalue weighted by Gasteiger charge is 2.11. The second kappa shape index (κ2) is 10.4. The Labute approximate surface area is 175 Å². The molecule has 0 fully saturated rings. The first kappa shape index (κ1) is 22.8. The van der Waals surface area contributed by atoms with Gasteiger partial charge in [-0.1, -0.05) is 0 Å². The Morgan fingerprint density at radius 1 is 1.07 bits per heavy atom. The number of nitriles is 1. The summed E-state index contributed by atoms with van der Waals surface area (Å²) < 4.78 is 41.3. The van der Waals surface area contributed by atoms with Crippen LogP contribution in [0.1, 0.15) is 18.4 Å². The first-order chi connectivity index (χ1) is 14.3. The molecule has 0 saturated carbocycles. The van der Waals surface area contributed by atoms with Gasteiger partial charge in [0.25, 0.3) is 0 Å². The number of benzene rings is 2. The predicted molar refractivity (Wildman–Crippen MR) is 113 cm³/mol. The van der Waals surface area contributed by atoms with E-state index in [1.165, 1.54) is 20.3 Å². The summed E-state index contributed by atoms with van der Waals surface area (Å²) in [4.78, 5) is 12.2. The number of rotatable bonds is 10. The average molecular weight is 433 g/mol. The Morgan fingerprint density at radius 3 is 2.40 bits per heavy atom. The maximum absolute atomic E-state index is 12.2. The largest absolute Gasteiger partial charge is 0.495 e. The predicted octanol–water partition coefficient (Wildman–Crippen LogP) is 2.74. The number of hydrogen-bond donors (Lipinski definition) is 2. The molecule has 0 spiro atoms. The van der Waals surface area contributed by atoms with Gasteiger partial charge in [-0.3, -0.25) is 9.52 Å². The van der Waals surface area contributed by atoms with Crippen LogP contribution in [0.5, 0.6) is 17.2 Å². The Kier molecular flexibility index (Phi) is 7.89. The first-order valence-corrected chi connectivity index (χ1v) is 10.8. The lowest BCUT2D eigenvalue weighted by molar-refractivity contribution is -0.116. The molecule has 0 atom stereocenters. The number of hydrogen-bond acceptors (Lipinski definition) is 7. The molecule has 0 unspecified atom stereocenters. The maximum atomic E-state index is 12.2. The lowest BCUT2D eigenvalue weighted by Gasteiger charge is -2.13. The van der Waals surface area contributed by atoms with Gasteiger partial charge in [0.05, 0.1) is 44.4 Å². The van der Waals surface area contributed by atoms with Crippen LogP contribution in [0.3, 0.4) is 0 Å². The van der Waals surface area contributed by atoms with E-state index in [9.17, 15) is 13.2 Å². The van der Waals surface area contributed by atoms with Gasteiger partial charge in [0.2, 0.25) is 15.9 Å². The van der Waals surface area contributed by atoms with E-state index in [1.54, 1.807) is 30.3 Å². The van der Waals surface area contributed by atoms with E-state index < -0.39 is 10.0 Å². The van der Waals surface area contributed by atoms with Crippen molar-refractivity contribution in [3.05, 3.63) is 42.0 Å². The summed E-state index contributed by atoms with van der Waals surface area (Å²) in [5, 5.41) is 11.6. The zero-order valence-corrected chi connectivity index (χ0v) is 17.7. The lowest BCUT2D eigenvalue weighted by atomic mass is 10.2. The van der Waals surface area contributed by atoms with Gasteiger partial charge in [0.15, 0.2) is 11.5 Å². The molecule has 0 bridgehead atoms. The monoisotopic (exact) mass is 433 g/mol. The summed E-state index contributed by atoms with van der Waals surface area (Å²) in [5.41, 5.74) is 1.12. The second-order valence-electron chi connectivity index (χ2n) is 6.27. The molecule has 2 N–H and O–H groups in total. The molecule has 0 aliphatic heterocycles. The Morgan fingerprint density at radius 2 is 1.77 bits per heavy atom.